The van der Waals surface area contributed by atoms with Gasteiger partial charge in [0.1, 0.15) is 55.3 Å². The molecule has 0 aliphatic carbocycles. The predicted molar refractivity (Wildman–Crippen MR) is 256 cm³/mol. The van der Waals surface area contributed by atoms with E-state index in [0.717, 1.165) is 64.5 Å². The zero-order valence-electron chi connectivity index (χ0n) is 42.3. The van der Waals surface area contributed by atoms with Crippen molar-refractivity contribution < 1.29 is 105 Å². The second kappa shape index (κ2) is 28.2. The van der Waals surface area contributed by atoms with Crippen LogP contribution >= 0.6 is 11.8 Å². The van der Waals surface area contributed by atoms with E-state index in [1.54, 1.807) is 0 Å². The Morgan fingerprint density at radius 1 is 0.427 bits per heavy atom. The van der Waals surface area contributed by atoms with E-state index in [2.05, 4.69) is 0 Å². The molecule has 0 amide bonds. The summed E-state index contributed by atoms with van der Waals surface area (Å²) in [5, 5.41) is 11.1. The van der Waals surface area contributed by atoms with E-state index < -0.39 is 153 Å². The third kappa shape index (κ3) is 17.0. The van der Waals surface area contributed by atoms with Gasteiger partial charge in [0.05, 0.1) is 19.8 Å². The number of benzene rings is 3. The molecule has 3 heterocycles. The van der Waals surface area contributed by atoms with Crippen LogP contribution in [-0.4, -0.2) is 158 Å². The average molecular weight is 1070 g/mol. The first-order valence-electron chi connectivity index (χ1n) is 23.9. The number of rotatable bonds is 22. The van der Waals surface area contributed by atoms with Crippen molar-refractivity contribution in [3.63, 3.8) is 0 Å². The van der Waals surface area contributed by atoms with Crippen molar-refractivity contribution in [1.82, 2.24) is 0 Å². The van der Waals surface area contributed by atoms with E-state index in [1.165, 1.54) is 11.8 Å². The summed E-state index contributed by atoms with van der Waals surface area (Å²) in [7, 11) is 0. The minimum Gasteiger partial charge on any atom is -0.463 e. The van der Waals surface area contributed by atoms with Gasteiger partial charge in [0.25, 0.3) is 0 Å². The Balaban J connectivity index is 1.55. The van der Waals surface area contributed by atoms with Crippen molar-refractivity contribution in [2.75, 3.05) is 19.8 Å². The average Bonchev–Trinajstić information content (AvgIpc) is 3.35. The van der Waals surface area contributed by atoms with Crippen molar-refractivity contribution in [3.05, 3.63) is 102 Å². The Morgan fingerprint density at radius 2 is 0.813 bits per heavy atom. The highest BCUT2D eigenvalue weighted by molar-refractivity contribution is 7.99. The van der Waals surface area contributed by atoms with Crippen LogP contribution in [0.1, 0.15) is 59.6 Å². The molecule has 75 heavy (non-hydrogen) atoms. The van der Waals surface area contributed by atoms with Crippen LogP contribution in [0.3, 0.4) is 0 Å². The second-order valence-corrected chi connectivity index (χ2v) is 18.6. The molecule has 6 rings (SSSR count). The Bertz CT molecular complexity index is 2360. The Labute approximate surface area is 437 Å². The molecular weight excluding hydrogens is 1010 g/mol. The highest BCUT2D eigenvalue weighted by Crippen LogP contribution is 2.41. The molecule has 23 heteroatoms. The van der Waals surface area contributed by atoms with Crippen LogP contribution in [0.4, 0.5) is 0 Å². The molecule has 3 aromatic rings. The van der Waals surface area contributed by atoms with Crippen LogP contribution in [0.25, 0.3) is 0 Å². The lowest BCUT2D eigenvalue weighted by Gasteiger charge is -2.51. The number of hydrogen-bond donors (Lipinski definition) is 1. The van der Waals surface area contributed by atoms with Gasteiger partial charge in [0.15, 0.2) is 49.2 Å². The van der Waals surface area contributed by atoms with Crippen LogP contribution in [0.15, 0.2) is 95.9 Å². The Kier molecular flexibility index (Phi) is 21.9. The summed E-state index contributed by atoms with van der Waals surface area (Å²) in [6.07, 6.45) is -22.1. The normalized spacial score (nSPS) is 29.4. The van der Waals surface area contributed by atoms with Crippen LogP contribution in [-0.2, 0) is 113 Å². The van der Waals surface area contributed by atoms with E-state index >= 15 is 0 Å². The van der Waals surface area contributed by atoms with Crippen molar-refractivity contribution in [2.24, 2.45) is 0 Å². The van der Waals surface area contributed by atoms with Crippen molar-refractivity contribution in [2.45, 2.75) is 158 Å². The van der Waals surface area contributed by atoms with Gasteiger partial charge in [-0.1, -0.05) is 90.6 Å². The minimum atomic E-state index is -1.96. The van der Waals surface area contributed by atoms with Gasteiger partial charge in [0.2, 0.25) is 0 Å². The van der Waals surface area contributed by atoms with Crippen LogP contribution in [0.2, 0.25) is 0 Å². The van der Waals surface area contributed by atoms with E-state index in [9.17, 15) is 38.7 Å². The maximum absolute atomic E-state index is 13.3. The molecule has 3 aliphatic rings. The zero-order valence-corrected chi connectivity index (χ0v) is 43.1. The van der Waals surface area contributed by atoms with Crippen LogP contribution < -0.4 is 0 Å². The van der Waals surface area contributed by atoms with Gasteiger partial charge in [0, 0.05) is 53.4 Å². The summed E-state index contributed by atoms with van der Waals surface area (Å²) in [6, 6.07) is 27.5. The molecule has 3 saturated heterocycles. The molecule has 0 bridgehead atoms. The molecule has 3 aromatic carbocycles. The molecule has 0 radical (unpaired) electrons. The lowest BCUT2D eigenvalue weighted by atomic mass is 9.95. The molecule has 0 spiro atoms. The molecule has 0 saturated carbocycles. The first-order chi connectivity index (χ1) is 35.9. The smallest absolute Gasteiger partial charge is 0.303 e. The third-order valence-electron chi connectivity index (χ3n) is 11.5. The topological polar surface area (TPSA) is 269 Å². The summed E-state index contributed by atoms with van der Waals surface area (Å²) in [6.45, 7) is 5.56. The van der Waals surface area contributed by atoms with Gasteiger partial charge in [-0.3, -0.25) is 33.6 Å². The van der Waals surface area contributed by atoms with Gasteiger partial charge >= 0.3 is 41.8 Å². The second-order valence-electron chi connectivity index (χ2n) is 17.4. The van der Waals surface area contributed by atoms with Crippen molar-refractivity contribution in [3.8, 4) is 0 Å². The first-order valence-corrected chi connectivity index (χ1v) is 24.8. The molecule has 1 N–H and O–H groups in total. The third-order valence-corrected chi connectivity index (χ3v) is 12.7. The summed E-state index contributed by atoms with van der Waals surface area (Å²) >= 11 is 1.26. The molecule has 0 aromatic heterocycles. The number of ether oxygens (including phenoxy) is 14. The highest BCUT2D eigenvalue weighted by Gasteiger charge is 2.59. The van der Waals surface area contributed by atoms with Gasteiger partial charge in [-0.25, -0.2) is 0 Å². The summed E-state index contributed by atoms with van der Waals surface area (Å²) in [5.74, 6) is -6.20. The number of esters is 7. The Morgan fingerprint density at radius 3 is 1.25 bits per heavy atom. The van der Waals surface area contributed by atoms with E-state index in [4.69, 9.17) is 66.3 Å². The van der Waals surface area contributed by atoms with Crippen molar-refractivity contribution >= 4 is 53.5 Å². The Hall–Kier alpha value is -6.02. The monoisotopic (exact) mass is 1070 g/mol. The number of thioether (sulfide) groups is 1. The standard InChI is InChI=1S/C52H62O22S/c1-28(54)61-26-39-42(65-30(3)56)45(67-32(5)58)47(69-34(7)60)50(70-39)74-48-46(68-33(6)59)43(66-31(4)57)40(27-62-29(2)55)71-51(48)73-44-41(63-24-35-17-11-8-12-18-35)38(23-53)72-52(75-37-21-15-10-16-22-37)49(44)64-25-36-19-13-9-14-20-36/h8-22,38-53H,23-27H2,1-7H3/t38-,39-,40-,41-,42-,43-,44+,45+,46+,47+,48+,49+,50-,51-,52-/m1/s1. The molecular formula is C52H62O22S. The van der Waals surface area contributed by atoms with Gasteiger partial charge < -0.3 is 71.4 Å². The fourth-order valence-corrected chi connectivity index (χ4v) is 9.70. The molecule has 22 nitrogen and oxygen atoms in total. The SMILES string of the molecule is CC(=O)OC[C@H]1O[C@H](O[C@@H]2[C@@H](O[C@@H]3[C@H](OCc4ccccc4)[C@@H](Sc4ccccc4)O[C@H](CO)[C@H]3OCc3ccccc3)O[C@H](COC(C)=O)[C@@H](OC(C)=O)[C@@H]2OC(C)=O)[C@@H](OC(C)=O)[C@@H](OC(C)=O)[C@@H]1OC(C)=O. The maximum atomic E-state index is 13.3. The fraction of sp³-hybridized carbons (Fsp3) is 0.519. The lowest BCUT2D eigenvalue weighted by Crippen LogP contribution is -2.68. The summed E-state index contributed by atoms with van der Waals surface area (Å²) in [5.41, 5.74) is 0.521. The number of carbonyl (C=O) groups is 7. The molecule has 15 atom stereocenters. The molecule has 3 fully saturated rings. The van der Waals surface area contributed by atoms with Gasteiger partial charge in [-0.05, 0) is 23.3 Å². The number of carbonyl (C=O) groups excluding carboxylic acids is 7. The minimum absolute atomic E-state index is 0.00829. The molecule has 408 valence electrons. The van der Waals surface area contributed by atoms with E-state index in [1.807, 2.05) is 91.0 Å². The van der Waals surface area contributed by atoms with Gasteiger partial charge in [-0.2, -0.15) is 0 Å². The summed E-state index contributed by atoms with van der Waals surface area (Å²) < 4.78 is 86.3. The van der Waals surface area contributed by atoms with Crippen LogP contribution in [0, 0.1) is 0 Å². The quantitative estimate of drug-likeness (QED) is 0.111. The number of aliphatic hydroxyl groups excluding tert-OH is 1. The lowest BCUT2D eigenvalue weighted by molar-refractivity contribution is -0.384. The molecule has 0 unspecified atom stereocenters. The zero-order chi connectivity index (χ0) is 54.2. The maximum Gasteiger partial charge on any atom is 0.303 e. The van der Waals surface area contributed by atoms with E-state index in [-0.39, 0.29) is 13.2 Å². The molecule has 3 aliphatic heterocycles. The van der Waals surface area contributed by atoms with E-state index in [0.29, 0.717) is 0 Å². The predicted octanol–water partition coefficient (Wildman–Crippen LogP) is 3.67. The fourth-order valence-electron chi connectivity index (χ4n) is 8.55. The number of aliphatic hydroxyl groups is 1. The largest absolute Gasteiger partial charge is 0.463 e. The van der Waals surface area contributed by atoms with Crippen molar-refractivity contribution in [1.29, 1.82) is 0 Å². The van der Waals surface area contributed by atoms with Gasteiger partial charge in [-0.15, -0.1) is 0 Å². The summed E-state index contributed by atoms with van der Waals surface area (Å²) in [4.78, 5) is 90.0. The van der Waals surface area contributed by atoms with Crippen LogP contribution in [0.5, 0.6) is 0 Å². The highest BCUT2D eigenvalue weighted by atomic mass is 32.2. The number of hydrogen-bond acceptors (Lipinski definition) is 23. The first kappa shape index (κ1) is 58.2.